The summed E-state index contributed by atoms with van der Waals surface area (Å²) in [5.74, 6) is -0.325. The number of anilines is 1. The molecule has 5 nitrogen and oxygen atoms in total. The number of benzene rings is 2. The van der Waals surface area contributed by atoms with E-state index in [1.807, 2.05) is 19.9 Å². The molecule has 2 unspecified atom stereocenters. The zero-order valence-corrected chi connectivity index (χ0v) is 20.4. The number of hydrogen-bond donors (Lipinski definition) is 2. The first-order valence-corrected chi connectivity index (χ1v) is 12.3. The summed E-state index contributed by atoms with van der Waals surface area (Å²) >= 11 is 0. The Morgan fingerprint density at radius 1 is 0.788 bits per heavy atom. The van der Waals surface area contributed by atoms with Gasteiger partial charge in [-0.3, -0.25) is 9.59 Å². The van der Waals surface area contributed by atoms with Crippen LogP contribution in [0, 0.1) is 13.8 Å². The predicted molar refractivity (Wildman–Crippen MR) is 132 cm³/mol. The first kappa shape index (κ1) is 25.1. The third kappa shape index (κ3) is 5.04. The Morgan fingerprint density at radius 3 is 1.76 bits per heavy atom. The molecule has 5 heteroatoms. The smallest absolute Gasteiger partial charge is 0.194 e. The Bertz CT molecular complexity index is 997. The summed E-state index contributed by atoms with van der Waals surface area (Å²) < 4.78 is 0. The highest BCUT2D eigenvalue weighted by Crippen LogP contribution is 2.38. The molecule has 0 spiro atoms. The van der Waals surface area contributed by atoms with Gasteiger partial charge in [-0.2, -0.15) is 0 Å². The standard InChI is InChI=1S/C28H37NO4/c1-5-7-9-15-23(30)29(24(31)16-10-8-6-2)22-17-18(3)25-26(19(22)4)28(33)21-14-12-11-13-20(21)27(25)32/h11-14,17,23-24,30-31H,5-10,15-16H2,1-4H3. The van der Waals surface area contributed by atoms with Gasteiger partial charge in [0, 0.05) is 27.9 Å². The molecule has 2 aromatic carbocycles. The Morgan fingerprint density at radius 2 is 1.27 bits per heavy atom. The predicted octanol–water partition coefficient (Wildman–Crippen LogP) is 5.68. The zero-order valence-electron chi connectivity index (χ0n) is 20.4. The highest BCUT2D eigenvalue weighted by molar-refractivity contribution is 6.29. The van der Waals surface area contributed by atoms with Crippen LogP contribution in [0.4, 0.5) is 5.69 Å². The average Bonchev–Trinajstić information content (AvgIpc) is 2.80. The number of hydrogen-bond acceptors (Lipinski definition) is 5. The van der Waals surface area contributed by atoms with Gasteiger partial charge in [-0.25, -0.2) is 0 Å². The third-order valence-electron chi connectivity index (χ3n) is 6.68. The second kappa shape index (κ2) is 11.1. The molecule has 0 radical (unpaired) electrons. The molecule has 0 saturated heterocycles. The van der Waals surface area contributed by atoms with Crippen molar-refractivity contribution in [3.8, 4) is 0 Å². The largest absolute Gasteiger partial charge is 0.374 e. The van der Waals surface area contributed by atoms with E-state index in [1.165, 1.54) is 0 Å². The molecule has 1 aliphatic carbocycles. The summed E-state index contributed by atoms with van der Waals surface area (Å²) in [6, 6.07) is 8.77. The topological polar surface area (TPSA) is 77.8 Å². The maximum atomic E-state index is 13.5. The molecule has 178 valence electrons. The van der Waals surface area contributed by atoms with Crippen molar-refractivity contribution in [3.63, 3.8) is 0 Å². The van der Waals surface area contributed by atoms with Gasteiger partial charge in [0.25, 0.3) is 0 Å². The lowest BCUT2D eigenvalue weighted by Gasteiger charge is -2.37. The van der Waals surface area contributed by atoms with E-state index < -0.39 is 12.5 Å². The summed E-state index contributed by atoms with van der Waals surface area (Å²) in [7, 11) is 0. The summed E-state index contributed by atoms with van der Waals surface area (Å²) in [6.07, 6.45) is 5.11. The second-order valence-corrected chi connectivity index (χ2v) is 9.15. The molecule has 1 aliphatic rings. The molecular formula is C28H37NO4. The van der Waals surface area contributed by atoms with E-state index in [0.29, 0.717) is 51.9 Å². The van der Waals surface area contributed by atoms with Crippen molar-refractivity contribution in [1.82, 2.24) is 0 Å². The number of rotatable bonds is 11. The van der Waals surface area contributed by atoms with Crippen LogP contribution in [0.25, 0.3) is 0 Å². The fourth-order valence-corrected chi connectivity index (χ4v) is 4.84. The van der Waals surface area contributed by atoms with Crippen LogP contribution in [0.3, 0.4) is 0 Å². The minimum atomic E-state index is -0.869. The lowest BCUT2D eigenvalue weighted by Crippen LogP contribution is -2.44. The van der Waals surface area contributed by atoms with E-state index in [4.69, 9.17) is 0 Å². The Hall–Kier alpha value is -2.50. The van der Waals surface area contributed by atoms with Crippen molar-refractivity contribution in [2.24, 2.45) is 0 Å². The number of carbonyl (C=O) groups excluding carboxylic acids is 2. The van der Waals surface area contributed by atoms with E-state index in [2.05, 4.69) is 13.8 Å². The molecule has 2 N–H and O–H groups in total. The van der Waals surface area contributed by atoms with Crippen molar-refractivity contribution >= 4 is 17.3 Å². The van der Waals surface area contributed by atoms with Crippen LogP contribution in [0.1, 0.15) is 108 Å². The monoisotopic (exact) mass is 451 g/mol. The molecule has 0 fully saturated rings. The molecule has 2 atom stereocenters. The van der Waals surface area contributed by atoms with E-state index >= 15 is 0 Å². The van der Waals surface area contributed by atoms with Gasteiger partial charge in [-0.1, -0.05) is 63.8 Å². The molecule has 0 amide bonds. The average molecular weight is 452 g/mol. The number of aryl methyl sites for hydroxylation is 1. The second-order valence-electron chi connectivity index (χ2n) is 9.15. The van der Waals surface area contributed by atoms with Gasteiger partial charge in [0.05, 0.1) is 0 Å². The van der Waals surface area contributed by atoms with Crippen LogP contribution in [0.2, 0.25) is 0 Å². The normalized spacial score (nSPS) is 14.6. The Kier molecular flexibility index (Phi) is 8.44. The molecular weight excluding hydrogens is 414 g/mol. The number of aliphatic hydroxyl groups is 2. The highest BCUT2D eigenvalue weighted by Gasteiger charge is 2.35. The van der Waals surface area contributed by atoms with Crippen LogP contribution in [0.15, 0.2) is 30.3 Å². The quantitative estimate of drug-likeness (QED) is 0.290. The minimum Gasteiger partial charge on any atom is -0.374 e. The molecule has 0 aliphatic heterocycles. The molecule has 0 saturated carbocycles. The lowest BCUT2D eigenvalue weighted by molar-refractivity contribution is 0.0712. The number of ketones is 2. The zero-order chi connectivity index (χ0) is 24.1. The maximum absolute atomic E-state index is 13.5. The fraction of sp³-hybridized carbons (Fsp3) is 0.500. The lowest BCUT2D eigenvalue weighted by atomic mass is 9.79. The van der Waals surface area contributed by atoms with Crippen LogP contribution in [0.5, 0.6) is 0 Å². The summed E-state index contributed by atoms with van der Waals surface area (Å²) in [5, 5.41) is 22.3. The molecule has 3 rings (SSSR count). The van der Waals surface area contributed by atoms with Crippen molar-refractivity contribution in [1.29, 1.82) is 0 Å². The molecule has 0 bridgehead atoms. The van der Waals surface area contributed by atoms with Crippen molar-refractivity contribution in [3.05, 3.63) is 63.7 Å². The van der Waals surface area contributed by atoms with Crippen molar-refractivity contribution in [2.45, 2.75) is 91.5 Å². The van der Waals surface area contributed by atoms with E-state index in [0.717, 1.165) is 38.5 Å². The maximum Gasteiger partial charge on any atom is 0.194 e. The van der Waals surface area contributed by atoms with Gasteiger partial charge in [-0.15, -0.1) is 0 Å². The Labute approximate surface area is 197 Å². The van der Waals surface area contributed by atoms with Crippen molar-refractivity contribution < 1.29 is 19.8 Å². The van der Waals surface area contributed by atoms with Crippen LogP contribution >= 0.6 is 0 Å². The van der Waals surface area contributed by atoms with Crippen LogP contribution in [-0.2, 0) is 0 Å². The van der Waals surface area contributed by atoms with Gasteiger partial charge in [0.2, 0.25) is 0 Å². The first-order valence-electron chi connectivity index (χ1n) is 12.3. The van der Waals surface area contributed by atoms with Gasteiger partial charge >= 0.3 is 0 Å². The Balaban J connectivity index is 2.08. The number of nitrogens with zero attached hydrogens (tertiary/aromatic N) is 1. The highest BCUT2D eigenvalue weighted by atomic mass is 16.3. The first-order chi connectivity index (χ1) is 15.8. The summed E-state index contributed by atoms with van der Waals surface area (Å²) in [5.41, 5.74) is 3.60. The molecule has 2 aromatic rings. The minimum absolute atomic E-state index is 0.147. The number of carbonyl (C=O) groups is 2. The van der Waals surface area contributed by atoms with Crippen LogP contribution < -0.4 is 4.90 Å². The summed E-state index contributed by atoms with van der Waals surface area (Å²) in [6.45, 7) is 7.87. The molecule has 33 heavy (non-hydrogen) atoms. The number of aliphatic hydroxyl groups excluding tert-OH is 2. The molecule has 0 aromatic heterocycles. The number of unbranched alkanes of at least 4 members (excludes halogenated alkanes) is 4. The fourth-order valence-electron chi connectivity index (χ4n) is 4.84. The van der Waals surface area contributed by atoms with Gasteiger partial charge in [0.15, 0.2) is 11.6 Å². The van der Waals surface area contributed by atoms with E-state index in [9.17, 15) is 19.8 Å². The SMILES string of the molecule is CCCCCC(O)N(c1cc(C)c2c(c1C)C(=O)c1ccccc1C2=O)C(O)CCCCC. The van der Waals surface area contributed by atoms with Gasteiger partial charge in [0.1, 0.15) is 12.5 Å². The third-order valence-corrected chi connectivity index (χ3v) is 6.68. The summed E-state index contributed by atoms with van der Waals surface area (Å²) in [4.78, 5) is 28.4. The van der Waals surface area contributed by atoms with E-state index in [1.54, 1.807) is 29.2 Å². The van der Waals surface area contributed by atoms with Crippen molar-refractivity contribution in [2.75, 3.05) is 4.90 Å². The van der Waals surface area contributed by atoms with Gasteiger partial charge in [-0.05, 0) is 56.7 Å². The van der Waals surface area contributed by atoms with Crippen LogP contribution in [-0.4, -0.2) is 34.2 Å². The number of fused-ring (bicyclic) bond motifs is 2. The van der Waals surface area contributed by atoms with E-state index in [-0.39, 0.29) is 11.6 Å². The van der Waals surface area contributed by atoms with Gasteiger partial charge < -0.3 is 15.1 Å². The molecule has 0 heterocycles.